The number of ether oxygens (including phenoxy) is 1. The van der Waals surface area contributed by atoms with Crippen LogP contribution in [-0.4, -0.2) is 19.8 Å². The molecule has 1 N–H and O–H groups in total. The summed E-state index contributed by atoms with van der Waals surface area (Å²) < 4.78 is 5.16. The van der Waals surface area contributed by atoms with Crippen molar-refractivity contribution in [3.8, 4) is 0 Å². The lowest BCUT2D eigenvalue weighted by molar-refractivity contribution is 0.134. The minimum absolute atomic E-state index is 0.410. The van der Waals surface area contributed by atoms with E-state index in [0.29, 0.717) is 13.2 Å². The molecule has 0 spiro atoms. The Balaban J connectivity index is 2.69. The second-order valence-corrected chi connectivity index (χ2v) is 2.57. The van der Waals surface area contributed by atoms with Crippen molar-refractivity contribution in [2.45, 2.75) is 32.6 Å². The summed E-state index contributed by atoms with van der Waals surface area (Å²) in [5.74, 6) is 0. The molecule has 0 aliphatic heterocycles. The average Bonchev–Trinajstić information content (AvgIpc) is 2.03. The van der Waals surface area contributed by atoms with Gasteiger partial charge in [0.25, 0.3) is 0 Å². The van der Waals surface area contributed by atoms with Gasteiger partial charge in [0.1, 0.15) is 0 Å². The maximum Gasteiger partial charge on any atom is 0.0582 e. The smallest absolute Gasteiger partial charge is 0.0582 e. The predicted molar refractivity (Wildman–Crippen MR) is 46.3 cm³/mol. The third-order valence-electron chi connectivity index (χ3n) is 1.49. The Bertz CT molecular complexity index is 61.1. The van der Waals surface area contributed by atoms with Crippen LogP contribution < -0.4 is 5.48 Å². The van der Waals surface area contributed by atoms with Crippen LogP contribution in [0, 0.1) is 5.21 Å². The lowest BCUT2D eigenvalue weighted by Gasteiger charge is -2.07. The zero-order valence-corrected chi connectivity index (χ0v) is 7.27. The Morgan fingerprint density at radius 2 is 2.00 bits per heavy atom. The van der Waals surface area contributed by atoms with Gasteiger partial charge in [-0.05, 0) is 6.42 Å². The van der Waals surface area contributed by atoms with Crippen molar-refractivity contribution in [3.63, 3.8) is 0 Å². The molecule has 0 aromatic rings. The molecule has 0 aromatic heterocycles. The molecule has 0 aromatic carbocycles. The van der Waals surface area contributed by atoms with Crippen molar-refractivity contribution in [2.24, 2.45) is 0 Å². The predicted octanol–water partition coefficient (Wildman–Crippen LogP) is 1.67. The molecular formula is C8H18NO2-. The highest BCUT2D eigenvalue weighted by Crippen LogP contribution is 1.98. The normalized spacial score (nSPS) is 10.4. The van der Waals surface area contributed by atoms with Gasteiger partial charge in [0.15, 0.2) is 0 Å². The lowest BCUT2D eigenvalue weighted by atomic mass is 10.2. The van der Waals surface area contributed by atoms with Gasteiger partial charge in [-0.15, -0.1) is 0 Å². The van der Waals surface area contributed by atoms with E-state index in [9.17, 15) is 5.21 Å². The third kappa shape index (κ3) is 9.88. The van der Waals surface area contributed by atoms with E-state index < -0.39 is 0 Å². The Morgan fingerprint density at radius 3 is 2.64 bits per heavy atom. The largest absolute Gasteiger partial charge is 0.788 e. The number of hydrogen-bond acceptors (Lipinski definition) is 3. The molecule has 3 nitrogen and oxygen atoms in total. The van der Waals surface area contributed by atoms with Crippen LogP contribution >= 0.6 is 0 Å². The molecular weight excluding hydrogens is 142 g/mol. The minimum Gasteiger partial charge on any atom is -0.788 e. The molecule has 0 saturated carbocycles. The summed E-state index contributed by atoms with van der Waals surface area (Å²) in [4.78, 5) is 0. The van der Waals surface area contributed by atoms with E-state index in [1.807, 2.05) is 0 Å². The summed E-state index contributed by atoms with van der Waals surface area (Å²) in [5, 5.41) is 9.74. The van der Waals surface area contributed by atoms with Gasteiger partial charge in [0, 0.05) is 13.2 Å². The van der Waals surface area contributed by atoms with Crippen LogP contribution in [0.5, 0.6) is 0 Å². The first kappa shape index (κ1) is 10.9. The van der Waals surface area contributed by atoms with Crippen LogP contribution in [0.4, 0.5) is 0 Å². The van der Waals surface area contributed by atoms with Crippen LogP contribution in [0.2, 0.25) is 0 Å². The van der Waals surface area contributed by atoms with Crippen LogP contribution in [0.25, 0.3) is 0 Å². The molecule has 0 unspecified atom stereocenters. The quantitative estimate of drug-likeness (QED) is 0.434. The molecule has 0 bridgehead atoms. The second kappa shape index (κ2) is 9.88. The van der Waals surface area contributed by atoms with Crippen molar-refractivity contribution >= 4 is 0 Å². The zero-order chi connectivity index (χ0) is 8.36. The van der Waals surface area contributed by atoms with E-state index in [2.05, 4.69) is 6.92 Å². The van der Waals surface area contributed by atoms with E-state index in [1.165, 1.54) is 19.3 Å². The minimum atomic E-state index is 0.410. The molecule has 0 radical (unpaired) electrons. The molecule has 0 aliphatic carbocycles. The van der Waals surface area contributed by atoms with Gasteiger partial charge >= 0.3 is 0 Å². The fraction of sp³-hybridized carbons (Fsp3) is 1.00. The van der Waals surface area contributed by atoms with Crippen molar-refractivity contribution in [3.05, 3.63) is 5.21 Å². The van der Waals surface area contributed by atoms with Gasteiger partial charge in [-0.3, -0.25) is 0 Å². The van der Waals surface area contributed by atoms with Gasteiger partial charge in [-0.25, -0.2) is 0 Å². The van der Waals surface area contributed by atoms with Gasteiger partial charge in [-0.2, -0.15) is 0 Å². The lowest BCUT2D eigenvalue weighted by Crippen LogP contribution is -2.12. The molecule has 3 heteroatoms. The summed E-state index contributed by atoms with van der Waals surface area (Å²) in [6.07, 6.45) is 4.89. The molecule has 0 fully saturated rings. The van der Waals surface area contributed by atoms with E-state index in [1.54, 1.807) is 5.48 Å². The topological polar surface area (TPSA) is 44.3 Å². The van der Waals surface area contributed by atoms with Gasteiger partial charge < -0.3 is 15.4 Å². The van der Waals surface area contributed by atoms with Crippen molar-refractivity contribution in [1.82, 2.24) is 5.48 Å². The van der Waals surface area contributed by atoms with Crippen LogP contribution in [0.3, 0.4) is 0 Å². The first-order chi connectivity index (χ1) is 5.41. The first-order valence-electron chi connectivity index (χ1n) is 4.34. The van der Waals surface area contributed by atoms with E-state index >= 15 is 0 Å². The maximum atomic E-state index is 9.74. The summed E-state index contributed by atoms with van der Waals surface area (Å²) in [5.41, 5.74) is 1.79. The summed E-state index contributed by atoms with van der Waals surface area (Å²) in [6.45, 7) is 3.92. The highest BCUT2D eigenvalue weighted by molar-refractivity contribution is 4.43. The highest BCUT2D eigenvalue weighted by Gasteiger charge is 1.87. The molecule has 0 rings (SSSR count). The van der Waals surface area contributed by atoms with Crippen molar-refractivity contribution in [1.29, 1.82) is 0 Å². The summed E-state index contributed by atoms with van der Waals surface area (Å²) in [7, 11) is 0. The van der Waals surface area contributed by atoms with Gasteiger partial charge in [0.2, 0.25) is 0 Å². The molecule has 0 atom stereocenters. The van der Waals surface area contributed by atoms with Gasteiger partial charge in [-0.1, -0.05) is 26.2 Å². The maximum absolute atomic E-state index is 9.74. The molecule has 0 heterocycles. The highest BCUT2D eigenvalue weighted by atomic mass is 16.5. The Hall–Kier alpha value is -0.120. The van der Waals surface area contributed by atoms with Crippen LogP contribution in [0.1, 0.15) is 32.6 Å². The summed E-state index contributed by atoms with van der Waals surface area (Å²) >= 11 is 0. The molecule has 11 heavy (non-hydrogen) atoms. The number of rotatable bonds is 8. The van der Waals surface area contributed by atoms with E-state index in [0.717, 1.165) is 13.0 Å². The third-order valence-corrected chi connectivity index (χ3v) is 1.49. The van der Waals surface area contributed by atoms with Gasteiger partial charge in [0.05, 0.1) is 6.61 Å². The van der Waals surface area contributed by atoms with Crippen LogP contribution in [-0.2, 0) is 4.74 Å². The fourth-order valence-corrected chi connectivity index (χ4v) is 0.847. The molecule has 68 valence electrons. The van der Waals surface area contributed by atoms with Crippen LogP contribution in [0.15, 0.2) is 0 Å². The number of unbranched alkanes of at least 4 members (excludes halogenated alkanes) is 3. The Labute approximate surface area is 68.7 Å². The molecule has 0 aliphatic rings. The Morgan fingerprint density at radius 1 is 1.18 bits per heavy atom. The number of hydrogen-bond donors (Lipinski definition) is 1. The average molecular weight is 160 g/mol. The number of nitrogens with one attached hydrogen (secondary N) is 1. The standard InChI is InChI=1S/C8H18NO2/c1-2-3-4-5-7-11-8-6-9-10/h9H,2-8H2,1H3/q-1. The van der Waals surface area contributed by atoms with E-state index in [4.69, 9.17) is 4.74 Å². The Kier molecular flexibility index (Phi) is 9.77. The SMILES string of the molecule is CCCCCCOCCN[O-]. The summed E-state index contributed by atoms with van der Waals surface area (Å²) in [6, 6.07) is 0. The van der Waals surface area contributed by atoms with Crippen molar-refractivity contribution in [2.75, 3.05) is 19.8 Å². The number of hydroxylamine groups is 1. The zero-order valence-electron chi connectivity index (χ0n) is 7.27. The first-order valence-corrected chi connectivity index (χ1v) is 4.34. The second-order valence-electron chi connectivity index (χ2n) is 2.57. The molecule has 0 saturated heterocycles. The van der Waals surface area contributed by atoms with E-state index in [-0.39, 0.29) is 0 Å². The fourth-order valence-electron chi connectivity index (χ4n) is 0.847. The van der Waals surface area contributed by atoms with Crippen molar-refractivity contribution < 1.29 is 4.74 Å². The monoisotopic (exact) mass is 160 g/mol. The molecule has 0 amide bonds.